The predicted molar refractivity (Wildman–Crippen MR) is 79.1 cm³/mol. The number of nitrogens with zero attached hydrogens (tertiary/aromatic N) is 1. The van der Waals surface area contributed by atoms with Crippen LogP contribution in [0.1, 0.15) is 23.0 Å². The van der Waals surface area contributed by atoms with Gasteiger partial charge in [0.2, 0.25) is 0 Å². The van der Waals surface area contributed by atoms with E-state index in [1.54, 1.807) is 26.2 Å². The van der Waals surface area contributed by atoms with Crippen molar-refractivity contribution in [2.24, 2.45) is 5.10 Å². The average molecular weight is 337 g/mol. The molecule has 0 aliphatic rings. The largest absolute Gasteiger partial charge is 0.497 e. The Labute approximate surface area is 124 Å². The molecule has 0 atom stereocenters. The Morgan fingerprint density at radius 1 is 1.35 bits per heavy atom. The van der Waals surface area contributed by atoms with Gasteiger partial charge in [-0.1, -0.05) is 12.1 Å². The molecular weight excluding hydrogens is 324 g/mol. The van der Waals surface area contributed by atoms with E-state index in [-0.39, 0.29) is 5.76 Å². The van der Waals surface area contributed by atoms with E-state index in [0.29, 0.717) is 10.4 Å². The molecule has 20 heavy (non-hydrogen) atoms. The highest BCUT2D eigenvalue weighted by Gasteiger charge is 2.09. The summed E-state index contributed by atoms with van der Waals surface area (Å²) in [4.78, 5) is 11.8. The molecular formula is C14H13BrN2O3. The van der Waals surface area contributed by atoms with Crippen molar-refractivity contribution in [1.29, 1.82) is 0 Å². The van der Waals surface area contributed by atoms with Gasteiger partial charge < -0.3 is 9.15 Å². The van der Waals surface area contributed by atoms with E-state index in [2.05, 4.69) is 26.5 Å². The highest BCUT2D eigenvalue weighted by Crippen LogP contribution is 2.14. The second-order valence-electron chi connectivity index (χ2n) is 3.97. The maximum absolute atomic E-state index is 11.8. The van der Waals surface area contributed by atoms with Crippen molar-refractivity contribution in [3.8, 4) is 5.75 Å². The smallest absolute Gasteiger partial charge is 0.307 e. The summed E-state index contributed by atoms with van der Waals surface area (Å²) in [5.74, 6) is 0.523. The molecule has 104 valence electrons. The molecule has 1 aromatic carbocycles. The quantitative estimate of drug-likeness (QED) is 0.688. The molecule has 6 heteroatoms. The molecule has 0 unspecified atom stereocenters. The normalized spacial score (nSPS) is 11.2. The highest BCUT2D eigenvalue weighted by atomic mass is 79.9. The third-order valence-corrected chi connectivity index (χ3v) is 3.04. The van der Waals surface area contributed by atoms with Crippen molar-refractivity contribution in [2.45, 2.75) is 6.92 Å². The molecule has 0 aliphatic heterocycles. The highest BCUT2D eigenvalue weighted by molar-refractivity contribution is 9.10. The van der Waals surface area contributed by atoms with E-state index in [9.17, 15) is 4.79 Å². The van der Waals surface area contributed by atoms with Crippen LogP contribution < -0.4 is 10.2 Å². The predicted octanol–water partition coefficient (Wildman–Crippen LogP) is 3.20. The molecule has 1 aromatic heterocycles. The van der Waals surface area contributed by atoms with E-state index in [1.165, 1.54) is 0 Å². The van der Waals surface area contributed by atoms with Crippen LogP contribution in [0.2, 0.25) is 0 Å². The summed E-state index contributed by atoms with van der Waals surface area (Å²) >= 11 is 3.14. The first kappa shape index (κ1) is 14.3. The Bertz CT molecular complexity index is 649. The summed E-state index contributed by atoms with van der Waals surface area (Å²) in [6, 6.07) is 10.6. The summed E-state index contributed by atoms with van der Waals surface area (Å²) in [6.07, 6.45) is 0. The standard InChI is InChI=1S/C14H13BrN2O3/c1-9(10-4-3-5-11(8-10)19-2)16-17-14(18)12-6-7-13(15)20-12/h3-8H,1-2H3,(H,17,18). The van der Waals surface area contributed by atoms with Gasteiger partial charge in [0, 0.05) is 5.56 Å². The second-order valence-corrected chi connectivity index (χ2v) is 4.76. The fraction of sp³-hybridized carbons (Fsp3) is 0.143. The number of carbonyl (C=O) groups is 1. The lowest BCUT2D eigenvalue weighted by molar-refractivity contribution is 0.0926. The van der Waals surface area contributed by atoms with Gasteiger partial charge in [-0.05, 0) is 47.1 Å². The maximum atomic E-state index is 11.8. The Kier molecular flexibility index (Phi) is 4.57. The number of hydrazone groups is 1. The van der Waals surface area contributed by atoms with Gasteiger partial charge in [0.05, 0.1) is 12.8 Å². The van der Waals surface area contributed by atoms with Gasteiger partial charge in [-0.3, -0.25) is 4.79 Å². The number of ether oxygens (including phenoxy) is 1. The number of amides is 1. The number of hydrogen-bond acceptors (Lipinski definition) is 4. The number of carbonyl (C=O) groups excluding carboxylic acids is 1. The van der Waals surface area contributed by atoms with Crippen LogP contribution in [0.3, 0.4) is 0 Å². The molecule has 0 fully saturated rings. The number of hydrogen-bond donors (Lipinski definition) is 1. The van der Waals surface area contributed by atoms with E-state index in [0.717, 1.165) is 11.3 Å². The number of furan rings is 1. The zero-order chi connectivity index (χ0) is 14.5. The summed E-state index contributed by atoms with van der Waals surface area (Å²) in [5, 5.41) is 4.04. The van der Waals surface area contributed by atoms with Crippen molar-refractivity contribution in [1.82, 2.24) is 5.43 Å². The molecule has 1 N–H and O–H groups in total. The lowest BCUT2D eigenvalue weighted by Crippen LogP contribution is -2.18. The van der Waals surface area contributed by atoms with Crippen molar-refractivity contribution in [2.75, 3.05) is 7.11 Å². The van der Waals surface area contributed by atoms with E-state index >= 15 is 0 Å². The zero-order valence-corrected chi connectivity index (χ0v) is 12.6. The number of halogens is 1. The first-order chi connectivity index (χ1) is 9.60. The number of nitrogens with one attached hydrogen (secondary N) is 1. The topological polar surface area (TPSA) is 63.8 Å². The van der Waals surface area contributed by atoms with E-state index < -0.39 is 5.91 Å². The summed E-state index contributed by atoms with van der Waals surface area (Å²) in [6.45, 7) is 1.80. The van der Waals surface area contributed by atoms with Crippen LogP contribution in [0.15, 0.2) is 50.6 Å². The lowest BCUT2D eigenvalue weighted by atomic mass is 10.1. The van der Waals surface area contributed by atoms with Crippen LogP contribution in [0.5, 0.6) is 5.75 Å². The second kappa shape index (κ2) is 6.38. The SMILES string of the molecule is COc1cccc(C(C)=NNC(=O)c2ccc(Br)o2)c1. The summed E-state index contributed by atoms with van der Waals surface area (Å²) in [5.41, 5.74) is 3.98. The third-order valence-electron chi connectivity index (χ3n) is 2.61. The molecule has 0 bridgehead atoms. The Morgan fingerprint density at radius 3 is 2.80 bits per heavy atom. The summed E-state index contributed by atoms with van der Waals surface area (Å²) < 4.78 is 10.8. The average Bonchev–Trinajstić information content (AvgIpc) is 2.91. The molecule has 0 aliphatic carbocycles. The third kappa shape index (κ3) is 3.48. The Morgan fingerprint density at radius 2 is 2.15 bits per heavy atom. The molecule has 0 radical (unpaired) electrons. The zero-order valence-electron chi connectivity index (χ0n) is 11.0. The van der Waals surface area contributed by atoms with E-state index in [1.807, 2.05) is 24.3 Å². The minimum atomic E-state index is -0.405. The van der Waals surface area contributed by atoms with E-state index in [4.69, 9.17) is 9.15 Å². The molecule has 0 saturated heterocycles. The minimum absolute atomic E-state index is 0.194. The Hall–Kier alpha value is -2.08. The van der Waals surface area contributed by atoms with Gasteiger partial charge >= 0.3 is 5.91 Å². The fourth-order valence-corrected chi connectivity index (χ4v) is 1.85. The van der Waals surface area contributed by atoms with Crippen molar-refractivity contribution in [3.63, 3.8) is 0 Å². The first-order valence-corrected chi connectivity index (χ1v) is 6.64. The lowest BCUT2D eigenvalue weighted by Gasteiger charge is -2.04. The maximum Gasteiger partial charge on any atom is 0.307 e. The van der Waals surface area contributed by atoms with Gasteiger partial charge in [-0.2, -0.15) is 5.10 Å². The van der Waals surface area contributed by atoms with Gasteiger partial charge in [0.15, 0.2) is 10.4 Å². The molecule has 2 rings (SSSR count). The monoisotopic (exact) mass is 336 g/mol. The number of benzene rings is 1. The number of rotatable bonds is 4. The van der Waals surface area contributed by atoms with Crippen molar-refractivity contribution < 1.29 is 13.9 Å². The van der Waals surface area contributed by atoms with Crippen molar-refractivity contribution >= 4 is 27.5 Å². The first-order valence-electron chi connectivity index (χ1n) is 5.84. The Balaban J connectivity index is 2.08. The van der Waals surface area contributed by atoms with Gasteiger partial charge in [0.25, 0.3) is 0 Å². The van der Waals surface area contributed by atoms with Crippen LogP contribution in [0.25, 0.3) is 0 Å². The molecule has 5 nitrogen and oxygen atoms in total. The van der Waals surface area contributed by atoms with Crippen LogP contribution in [0.4, 0.5) is 0 Å². The van der Waals surface area contributed by atoms with Gasteiger partial charge in [-0.15, -0.1) is 0 Å². The molecule has 1 heterocycles. The molecule has 1 amide bonds. The van der Waals surface area contributed by atoms with Crippen LogP contribution in [-0.2, 0) is 0 Å². The molecule has 2 aromatic rings. The molecule has 0 saturated carbocycles. The molecule has 0 spiro atoms. The minimum Gasteiger partial charge on any atom is -0.497 e. The van der Waals surface area contributed by atoms with Crippen LogP contribution in [0, 0.1) is 0 Å². The van der Waals surface area contributed by atoms with Crippen LogP contribution >= 0.6 is 15.9 Å². The fourth-order valence-electron chi connectivity index (χ4n) is 1.54. The number of methoxy groups -OCH3 is 1. The van der Waals surface area contributed by atoms with Crippen LogP contribution in [-0.4, -0.2) is 18.7 Å². The van der Waals surface area contributed by atoms with Gasteiger partial charge in [-0.25, -0.2) is 5.43 Å². The summed E-state index contributed by atoms with van der Waals surface area (Å²) in [7, 11) is 1.60. The van der Waals surface area contributed by atoms with Gasteiger partial charge in [0.1, 0.15) is 5.75 Å². The van der Waals surface area contributed by atoms with Crippen molar-refractivity contribution in [3.05, 3.63) is 52.4 Å².